The average Bonchev–Trinajstić information content (AvgIpc) is 2.67. The lowest BCUT2D eigenvalue weighted by molar-refractivity contribution is 0.0772. The molecule has 0 radical (unpaired) electrons. The van der Waals surface area contributed by atoms with Crippen LogP contribution in [0.2, 0.25) is 0 Å². The molecule has 0 N–H and O–H groups in total. The van der Waals surface area contributed by atoms with E-state index in [1.54, 1.807) is 19.1 Å². The van der Waals surface area contributed by atoms with Crippen LogP contribution < -0.4 is 9.47 Å². The van der Waals surface area contributed by atoms with Crippen LogP contribution in [0.5, 0.6) is 11.5 Å². The Hall–Kier alpha value is -3.08. The summed E-state index contributed by atoms with van der Waals surface area (Å²) in [6, 6.07) is 15.4. The molecule has 0 unspecified atom stereocenters. The number of aromatic nitrogens is 1. The van der Waals surface area contributed by atoms with Gasteiger partial charge in [-0.1, -0.05) is 18.2 Å². The third-order valence-corrected chi connectivity index (χ3v) is 4.57. The van der Waals surface area contributed by atoms with E-state index in [0.29, 0.717) is 24.4 Å². The molecule has 0 fully saturated rings. The number of carbonyl (C=O) groups excluding carboxylic acids is 1. The van der Waals surface area contributed by atoms with Crippen LogP contribution in [-0.4, -0.2) is 43.1 Å². The summed E-state index contributed by atoms with van der Waals surface area (Å²) in [6.07, 6.45) is 0. The van der Waals surface area contributed by atoms with Crippen LogP contribution in [0.25, 0.3) is 10.9 Å². The van der Waals surface area contributed by atoms with Gasteiger partial charge in [0.1, 0.15) is 18.1 Å². The predicted octanol–water partition coefficient (Wildman–Crippen LogP) is 4.01. The van der Waals surface area contributed by atoms with Crippen molar-refractivity contribution in [3.63, 3.8) is 0 Å². The molecular weight excluding hydrogens is 340 g/mol. The topological polar surface area (TPSA) is 51.7 Å². The number of carbonyl (C=O) groups is 1. The van der Waals surface area contributed by atoms with Gasteiger partial charge in [-0.2, -0.15) is 0 Å². The molecule has 0 saturated carbocycles. The Morgan fingerprint density at radius 1 is 1.11 bits per heavy atom. The minimum Gasteiger partial charge on any atom is -0.497 e. The summed E-state index contributed by atoms with van der Waals surface area (Å²) in [5.74, 6) is 1.53. The quantitative estimate of drug-likeness (QED) is 0.663. The molecule has 3 aromatic rings. The molecule has 0 aliphatic carbocycles. The monoisotopic (exact) mass is 364 g/mol. The Kier molecular flexibility index (Phi) is 5.60. The number of methoxy groups -OCH3 is 1. The van der Waals surface area contributed by atoms with E-state index < -0.39 is 0 Å². The predicted molar refractivity (Wildman–Crippen MR) is 107 cm³/mol. The lowest BCUT2D eigenvalue weighted by Crippen LogP contribution is -2.31. The lowest BCUT2D eigenvalue weighted by atomic mass is 10.1. The maximum Gasteiger partial charge on any atom is 0.255 e. The van der Waals surface area contributed by atoms with E-state index in [4.69, 9.17) is 9.47 Å². The second-order valence-electron chi connectivity index (χ2n) is 6.52. The summed E-state index contributed by atoms with van der Waals surface area (Å²) in [7, 11) is 3.40. The highest BCUT2D eigenvalue weighted by Gasteiger charge is 2.16. The van der Waals surface area contributed by atoms with Gasteiger partial charge >= 0.3 is 0 Å². The number of fused-ring (bicyclic) bond motifs is 1. The number of amides is 1. The number of para-hydroxylation sites is 1. The number of ether oxygens (including phenoxy) is 2. The van der Waals surface area contributed by atoms with Crippen molar-refractivity contribution in [1.82, 2.24) is 9.88 Å². The van der Waals surface area contributed by atoms with Gasteiger partial charge in [0.05, 0.1) is 30.4 Å². The van der Waals surface area contributed by atoms with Crippen LogP contribution in [0.3, 0.4) is 0 Å². The van der Waals surface area contributed by atoms with Crippen molar-refractivity contribution in [2.24, 2.45) is 0 Å². The number of hydrogen-bond acceptors (Lipinski definition) is 4. The van der Waals surface area contributed by atoms with Gasteiger partial charge in [0.15, 0.2) is 0 Å². The molecule has 0 saturated heterocycles. The molecule has 0 spiro atoms. The number of rotatable bonds is 6. The summed E-state index contributed by atoms with van der Waals surface area (Å²) in [4.78, 5) is 19.1. The Bertz CT molecular complexity index is 969. The van der Waals surface area contributed by atoms with Crippen LogP contribution in [0.1, 0.15) is 21.6 Å². The van der Waals surface area contributed by atoms with Crippen molar-refractivity contribution in [1.29, 1.82) is 0 Å². The van der Waals surface area contributed by atoms with Gasteiger partial charge in [-0.05, 0) is 43.7 Å². The number of likely N-dealkylation sites (N-methyl/N-ethyl adjacent to an activating group) is 1. The fraction of sp³-hybridized carbons (Fsp3) is 0.273. The molecule has 140 valence electrons. The normalized spacial score (nSPS) is 10.7. The average molecular weight is 364 g/mol. The zero-order valence-electron chi connectivity index (χ0n) is 16.2. The van der Waals surface area contributed by atoms with Crippen LogP contribution in [-0.2, 0) is 0 Å². The van der Waals surface area contributed by atoms with Gasteiger partial charge in [-0.3, -0.25) is 9.78 Å². The third kappa shape index (κ3) is 4.19. The van der Waals surface area contributed by atoms with Crippen LogP contribution in [0, 0.1) is 13.8 Å². The van der Waals surface area contributed by atoms with Crippen LogP contribution >= 0.6 is 0 Å². The smallest absolute Gasteiger partial charge is 0.255 e. The van der Waals surface area contributed by atoms with E-state index >= 15 is 0 Å². The second-order valence-corrected chi connectivity index (χ2v) is 6.52. The van der Waals surface area contributed by atoms with Gasteiger partial charge in [-0.25, -0.2) is 0 Å². The summed E-state index contributed by atoms with van der Waals surface area (Å²) in [6.45, 7) is 4.78. The van der Waals surface area contributed by atoms with Crippen molar-refractivity contribution in [2.75, 3.05) is 27.3 Å². The third-order valence-electron chi connectivity index (χ3n) is 4.57. The zero-order valence-corrected chi connectivity index (χ0v) is 16.2. The summed E-state index contributed by atoms with van der Waals surface area (Å²) in [5, 5.41) is 0.911. The molecule has 5 heteroatoms. The molecule has 1 amide bonds. The molecular formula is C22H24N2O3. The molecule has 1 aromatic heterocycles. The van der Waals surface area contributed by atoms with Crippen molar-refractivity contribution in [3.05, 3.63) is 65.4 Å². The molecule has 1 heterocycles. The summed E-state index contributed by atoms with van der Waals surface area (Å²) >= 11 is 0. The van der Waals surface area contributed by atoms with Crippen molar-refractivity contribution in [3.8, 4) is 11.5 Å². The Morgan fingerprint density at radius 3 is 2.63 bits per heavy atom. The lowest BCUT2D eigenvalue weighted by Gasteiger charge is -2.19. The van der Waals surface area contributed by atoms with Crippen molar-refractivity contribution in [2.45, 2.75) is 13.8 Å². The maximum absolute atomic E-state index is 12.8. The van der Waals surface area contributed by atoms with Gasteiger partial charge in [0.25, 0.3) is 5.91 Å². The first-order chi connectivity index (χ1) is 13.0. The minimum absolute atomic E-state index is 0.0638. The van der Waals surface area contributed by atoms with E-state index in [9.17, 15) is 4.79 Å². The first kappa shape index (κ1) is 18.7. The highest BCUT2D eigenvalue weighted by molar-refractivity contribution is 5.98. The van der Waals surface area contributed by atoms with E-state index in [1.165, 1.54) is 0 Å². The molecule has 0 aliphatic heterocycles. The van der Waals surface area contributed by atoms with Crippen LogP contribution in [0.4, 0.5) is 0 Å². The number of hydrogen-bond donors (Lipinski definition) is 0. The first-order valence-corrected chi connectivity index (χ1v) is 8.89. The maximum atomic E-state index is 12.8. The molecule has 0 bridgehead atoms. The zero-order chi connectivity index (χ0) is 19.4. The number of benzene rings is 2. The highest BCUT2D eigenvalue weighted by Crippen LogP contribution is 2.22. The van der Waals surface area contributed by atoms with Gasteiger partial charge in [0, 0.05) is 18.5 Å². The Balaban J connectivity index is 1.70. The van der Waals surface area contributed by atoms with E-state index in [-0.39, 0.29) is 5.91 Å². The van der Waals surface area contributed by atoms with Crippen molar-refractivity contribution >= 4 is 16.8 Å². The fourth-order valence-electron chi connectivity index (χ4n) is 2.90. The van der Waals surface area contributed by atoms with Crippen LogP contribution in [0.15, 0.2) is 48.5 Å². The number of aryl methyl sites for hydroxylation is 2. The second kappa shape index (κ2) is 8.08. The van der Waals surface area contributed by atoms with Crippen molar-refractivity contribution < 1.29 is 14.3 Å². The molecule has 0 aliphatic rings. The Labute approximate surface area is 159 Å². The van der Waals surface area contributed by atoms with E-state index in [0.717, 1.165) is 28.0 Å². The van der Waals surface area contributed by atoms with Gasteiger partial charge < -0.3 is 14.4 Å². The molecule has 3 rings (SSSR count). The molecule has 5 nitrogen and oxygen atoms in total. The number of nitrogens with zero attached hydrogens (tertiary/aromatic N) is 2. The Morgan fingerprint density at radius 2 is 1.89 bits per heavy atom. The van der Waals surface area contributed by atoms with E-state index in [1.807, 2.05) is 62.4 Å². The number of pyridine rings is 1. The molecule has 27 heavy (non-hydrogen) atoms. The highest BCUT2D eigenvalue weighted by atomic mass is 16.5. The first-order valence-electron chi connectivity index (χ1n) is 8.89. The summed E-state index contributed by atoms with van der Waals surface area (Å²) < 4.78 is 11.0. The van der Waals surface area contributed by atoms with Gasteiger partial charge in [-0.15, -0.1) is 0 Å². The SMILES string of the molecule is COc1ccc2cc(C(=O)N(C)CCOc3ccccc3C)c(C)nc2c1. The van der Waals surface area contributed by atoms with Gasteiger partial charge in [0.2, 0.25) is 0 Å². The molecule has 2 aromatic carbocycles. The largest absolute Gasteiger partial charge is 0.497 e. The standard InChI is InChI=1S/C22H24N2O3/c1-15-7-5-6-8-21(15)27-12-11-24(3)22(25)19-13-17-9-10-18(26-4)14-20(17)23-16(19)2/h5-10,13-14H,11-12H2,1-4H3. The minimum atomic E-state index is -0.0638. The van der Waals surface area contributed by atoms with E-state index in [2.05, 4.69) is 4.98 Å². The fourth-order valence-corrected chi connectivity index (χ4v) is 2.90. The summed E-state index contributed by atoms with van der Waals surface area (Å²) in [5.41, 5.74) is 3.20. The molecule has 0 atom stereocenters.